The van der Waals surface area contributed by atoms with Gasteiger partial charge in [-0.05, 0) is 54.4 Å². The summed E-state index contributed by atoms with van der Waals surface area (Å²) in [5.74, 6) is -0.293. The lowest BCUT2D eigenvalue weighted by Crippen LogP contribution is -2.03. The molecule has 0 radical (unpaired) electrons. The van der Waals surface area contributed by atoms with Crippen LogP contribution >= 0.6 is 0 Å². The maximum atomic E-state index is 11.7. The summed E-state index contributed by atoms with van der Waals surface area (Å²) in [4.78, 5) is 16.2. The maximum absolute atomic E-state index is 11.7. The Hall–Kier alpha value is -3.66. The average molecular weight is 368 g/mol. The predicted octanol–water partition coefficient (Wildman–Crippen LogP) is 5.37. The molecular weight excluding hydrogens is 348 g/mol. The molecule has 3 aromatic carbocycles. The van der Waals surface area contributed by atoms with Gasteiger partial charge in [-0.15, -0.1) is 0 Å². The second-order valence-electron chi connectivity index (χ2n) is 6.37. The summed E-state index contributed by atoms with van der Waals surface area (Å²) in [6.07, 6.45) is 5.93. The van der Waals surface area contributed by atoms with Crippen LogP contribution in [0.5, 0.6) is 0 Å². The molecule has 0 atom stereocenters. The third-order valence-electron chi connectivity index (χ3n) is 4.49. The van der Waals surface area contributed by atoms with E-state index in [1.807, 2.05) is 48.8 Å². The van der Waals surface area contributed by atoms with Gasteiger partial charge in [0, 0.05) is 5.69 Å². The summed E-state index contributed by atoms with van der Waals surface area (Å²) in [6, 6.07) is 23.8. The fourth-order valence-electron chi connectivity index (χ4n) is 3.08. The smallest absolute Gasteiger partial charge is 0.338 e. The van der Waals surface area contributed by atoms with Gasteiger partial charge in [0.25, 0.3) is 0 Å². The van der Waals surface area contributed by atoms with E-state index < -0.39 is 0 Å². The second-order valence-corrected chi connectivity index (χ2v) is 6.37. The van der Waals surface area contributed by atoms with Crippen LogP contribution in [-0.4, -0.2) is 22.1 Å². The van der Waals surface area contributed by atoms with Crippen molar-refractivity contribution in [2.75, 3.05) is 6.61 Å². The van der Waals surface area contributed by atoms with Crippen LogP contribution in [0.1, 0.15) is 28.4 Å². The van der Waals surface area contributed by atoms with Crippen molar-refractivity contribution in [1.82, 2.24) is 9.55 Å². The summed E-state index contributed by atoms with van der Waals surface area (Å²) >= 11 is 0. The molecule has 4 rings (SSSR count). The lowest BCUT2D eigenvalue weighted by molar-refractivity contribution is 0.0526. The third kappa shape index (κ3) is 3.71. The van der Waals surface area contributed by atoms with E-state index >= 15 is 0 Å². The Morgan fingerprint density at radius 2 is 1.75 bits per heavy atom. The summed E-state index contributed by atoms with van der Waals surface area (Å²) < 4.78 is 7.10. The largest absolute Gasteiger partial charge is 0.462 e. The van der Waals surface area contributed by atoms with Gasteiger partial charge in [0.15, 0.2) is 0 Å². The number of para-hydroxylation sites is 2. The summed E-state index contributed by atoms with van der Waals surface area (Å²) in [6.45, 7) is 2.18. The van der Waals surface area contributed by atoms with E-state index in [1.165, 1.54) is 0 Å². The van der Waals surface area contributed by atoms with Gasteiger partial charge >= 0.3 is 5.97 Å². The number of hydrogen-bond acceptors (Lipinski definition) is 3. The van der Waals surface area contributed by atoms with Crippen LogP contribution in [0.3, 0.4) is 0 Å². The zero-order chi connectivity index (χ0) is 19.3. The molecule has 0 saturated heterocycles. The Morgan fingerprint density at radius 3 is 2.57 bits per heavy atom. The number of hydrogen-bond donors (Lipinski definition) is 0. The molecule has 1 aromatic heterocycles. The van der Waals surface area contributed by atoms with Crippen molar-refractivity contribution < 1.29 is 9.53 Å². The Morgan fingerprint density at radius 1 is 0.964 bits per heavy atom. The quantitative estimate of drug-likeness (QED) is 0.351. The molecule has 0 amide bonds. The average Bonchev–Trinajstić information content (AvgIpc) is 3.17. The number of aromatic nitrogens is 2. The SMILES string of the molecule is CCOC(=O)c1ccc(C=Cc2cccc(-n3cnc4ccccc43)c2)cc1. The van der Waals surface area contributed by atoms with Crippen molar-refractivity contribution in [2.45, 2.75) is 6.92 Å². The van der Waals surface area contributed by atoms with Crippen molar-refractivity contribution in [2.24, 2.45) is 0 Å². The number of fused-ring (bicyclic) bond motifs is 1. The Bertz CT molecular complexity index is 1140. The molecule has 0 fully saturated rings. The summed E-state index contributed by atoms with van der Waals surface area (Å²) in [5, 5.41) is 0. The zero-order valence-corrected chi connectivity index (χ0v) is 15.6. The van der Waals surface area contributed by atoms with E-state index in [4.69, 9.17) is 4.74 Å². The lowest BCUT2D eigenvalue weighted by atomic mass is 10.1. The summed E-state index contributed by atoms with van der Waals surface area (Å²) in [5.41, 5.74) is 5.79. The predicted molar refractivity (Wildman–Crippen MR) is 112 cm³/mol. The summed E-state index contributed by atoms with van der Waals surface area (Å²) in [7, 11) is 0. The van der Waals surface area contributed by atoms with Crippen molar-refractivity contribution in [3.05, 3.63) is 95.8 Å². The molecule has 4 nitrogen and oxygen atoms in total. The van der Waals surface area contributed by atoms with Crippen LogP contribution in [0.15, 0.2) is 79.1 Å². The van der Waals surface area contributed by atoms with E-state index in [2.05, 4.69) is 39.9 Å². The third-order valence-corrected chi connectivity index (χ3v) is 4.49. The number of carbonyl (C=O) groups excluding carboxylic acids is 1. The molecule has 0 unspecified atom stereocenters. The standard InChI is InChI=1S/C24H20N2O2/c1-2-28-24(27)20-14-12-18(13-15-20)10-11-19-6-5-7-21(16-19)26-17-25-22-8-3-4-9-23(22)26/h3-17H,2H2,1H3. The van der Waals surface area contributed by atoms with Gasteiger partial charge in [0.05, 0.1) is 23.2 Å². The molecule has 0 bridgehead atoms. The Labute approximate surface area is 163 Å². The zero-order valence-electron chi connectivity index (χ0n) is 15.6. The molecule has 0 saturated carbocycles. The lowest BCUT2D eigenvalue weighted by Gasteiger charge is -2.05. The van der Waals surface area contributed by atoms with Gasteiger partial charge in [-0.1, -0.05) is 48.6 Å². The number of carbonyl (C=O) groups is 1. The van der Waals surface area contributed by atoms with E-state index in [0.717, 1.165) is 27.8 Å². The van der Waals surface area contributed by atoms with E-state index in [-0.39, 0.29) is 5.97 Å². The normalized spacial score (nSPS) is 11.2. The van der Waals surface area contributed by atoms with Crippen molar-refractivity contribution in [1.29, 1.82) is 0 Å². The Kier molecular flexibility index (Phi) is 5.02. The first-order valence-corrected chi connectivity index (χ1v) is 9.22. The van der Waals surface area contributed by atoms with Gasteiger partial charge in [-0.2, -0.15) is 0 Å². The molecule has 28 heavy (non-hydrogen) atoms. The van der Waals surface area contributed by atoms with E-state index in [1.54, 1.807) is 19.1 Å². The van der Waals surface area contributed by atoms with Crippen LogP contribution in [0.25, 0.3) is 28.9 Å². The van der Waals surface area contributed by atoms with Crippen LogP contribution in [0.4, 0.5) is 0 Å². The molecule has 0 aliphatic heterocycles. The minimum Gasteiger partial charge on any atom is -0.462 e. The topological polar surface area (TPSA) is 44.1 Å². The molecule has 138 valence electrons. The fourth-order valence-corrected chi connectivity index (χ4v) is 3.08. The number of imidazole rings is 1. The minimum absolute atomic E-state index is 0.293. The highest BCUT2D eigenvalue weighted by atomic mass is 16.5. The van der Waals surface area contributed by atoms with E-state index in [9.17, 15) is 4.79 Å². The molecule has 4 heteroatoms. The maximum Gasteiger partial charge on any atom is 0.338 e. The van der Waals surface area contributed by atoms with Crippen LogP contribution in [0, 0.1) is 0 Å². The van der Waals surface area contributed by atoms with Gasteiger partial charge < -0.3 is 4.74 Å². The minimum atomic E-state index is -0.293. The number of rotatable bonds is 5. The van der Waals surface area contributed by atoms with Crippen molar-refractivity contribution in [3.8, 4) is 5.69 Å². The van der Waals surface area contributed by atoms with Crippen LogP contribution < -0.4 is 0 Å². The Balaban J connectivity index is 1.56. The molecule has 4 aromatic rings. The van der Waals surface area contributed by atoms with E-state index in [0.29, 0.717) is 12.2 Å². The van der Waals surface area contributed by atoms with Crippen molar-refractivity contribution >= 4 is 29.2 Å². The molecule has 1 heterocycles. The molecule has 0 N–H and O–H groups in total. The highest BCUT2D eigenvalue weighted by Crippen LogP contribution is 2.20. The number of benzene rings is 3. The fraction of sp³-hybridized carbons (Fsp3) is 0.0833. The van der Waals surface area contributed by atoms with Gasteiger partial charge in [0.1, 0.15) is 6.33 Å². The van der Waals surface area contributed by atoms with Crippen LogP contribution in [0.2, 0.25) is 0 Å². The molecule has 0 aliphatic rings. The monoisotopic (exact) mass is 368 g/mol. The molecular formula is C24H20N2O2. The number of esters is 1. The van der Waals surface area contributed by atoms with Crippen molar-refractivity contribution in [3.63, 3.8) is 0 Å². The number of ether oxygens (including phenoxy) is 1. The van der Waals surface area contributed by atoms with Gasteiger partial charge in [0.2, 0.25) is 0 Å². The molecule has 0 aliphatic carbocycles. The van der Waals surface area contributed by atoms with Crippen LogP contribution in [-0.2, 0) is 4.74 Å². The second kappa shape index (κ2) is 7.92. The highest BCUT2D eigenvalue weighted by Gasteiger charge is 2.05. The molecule has 0 spiro atoms. The van der Waals surface area contributed by atoms with Gasteiger partial charge in [-0.3, -0.25) is 4.57 Å². The van der Waals surface area contributed by atoms with Gasteiger partial charge in [-0.25, -0.2) is 9.78 Å². The highest BCUT2D eigenvalue weighted by molar-refractivity contribution is 5.89. The first-order chi connectivity index (χ1) is 13.7. The first kappa shape index (κ1) is 17.7. The number of nitrogens with zero attached hydrogens (tertiary/aromatic N) is 2. The first-order valence-electron chi connectivity index (χ1n) is 9.22.